The number of hydrogen-bond donors (Lipinski definition) is 1. The van der Waals surface area contributed by atoms with E-state index in [1.807, 2.05) is 31.2 Å². The average molecular weight is 427 g/mol. The second kappa shape index (κ2) is 9.13. The van der Waals surface area contributed by atoms with E-state index in [0.29, 0.717) is 6.04 Å². The maximum absolute atomic E-state index is 13.0. The van der Waals surface area contributed by atoms with Crippen LogP contribution >= 0.6 is 23.1 Å². The van der Waals surface area contributed by atoms with Crippen LogP contribution in [0.5, 0.6) is 0 Å². The highest BCUT2D eigenvalue weighted by molar-refractivity contribution is 8.00. The number of thioether (sulfide) groups is 1. The molecule has 0 bridgehead atoms. The van der Waals surface area contributed by atoms with Gasteiger partial charge in [0, 0.05) is 6.04 Å². The minimum absolute atomic E-state index is 0.0414. The minimum atomic E-state index is -0.240. The van der Waals surface area contributed by atoms with E-state index < -0.39 is 0 Å². The number of carbonyl (C=O) groups excluding carboxylic acids is 1. The van der Waals surface area contributed by atoms with Gasteiger partial charge in [0.1, 0.15) is 0 Å². The Hall–Kier alpha value is -2.12. The molecule has 1 amide bonds. The van der Waals surface area contributed by atoms with Crippen LogP contribution in [-0.4, -0.2) is 25.9 Å². The van der Waals surface area contributed by atoms with E-state index in [9.17, 15) is 4.79 Å². The van der Waals surface area contributed by atoms with Crippen molar-refractivity contribution in [1.29, 1.82) is 0 Å². The second-order valence-corrected chi connectivity index (χ2v) is 9.66. The number of nitrogens with zero attached hydrogens (tertiary/aromatic N) is 3. The first-order valence-electron chi connectivity index (χ1n) is 10.2. The van der Waals surface area contributed by atoms with Crippen LogP contribution in [0, 0.1) is 0 Å². The molecule has 2 unspecified atom stereocenters. The van der Waals surface area contributed by atoms with Crippen LogP contribution in [0.25, 0.3) is 10.7 Å². The zero-order valence-electron chi connectivity index (χ0n) is 16.7. The Morgan fingerprint density at radius 1 is 1.24 bits per heavy atom. The highest BCUT2D eigenvalue weighted by Gasteiger charge is 2.32. The Morgan fingerprint density at radius 2 is 2.03 bits per heavy atom. The topological polar surface area (TPSA) is 59.8 Å². The summed E-state index contributed by atoms with van der Waals surface area (Å²) in [4.78, 5) is 14.1. The number of thiophene rings is 1. The Balaban J connectivity index is 1.47. The van der Waals surface area contributed by atoms with E-state index in [1.165, 1.54) is 11.8 Å². The summed E-state index contributed by atoms with van der Waals surface area (Å²) >= 11 is 3.18. The number of benzene rings is 1. The fourth-order valence-corrected chi connectivity index (χ4v) is 5.02. The van der Waals surface area contributed by atoms with Gasteiger partial charge >= 0.3 is 0 Å². The molecule has 152 valence electrons. The zero-order chi connectivity index (χ0) is 20.2. The monoisotopic (exact) mass is 426 g/mol. The van der Waals surface area contributed by atoms with Gasteiger partial charge in [-0.1, -0.05) is 61.5 Å². The van der Waals surface area contributed by atoms with Gasteiger partial charge in [0.25, 0.3) is 0 Å². The summed E-state index contributed by atoms with van der Waals surface area (Å²) in [6.45, 7) is 4.09. The summed E-state index contributed by atoms with van der Waals surface area (Å²) in [5.74, 6) is 0.964. The van der Waals surface area contributed by atoms with Crippen LogP contribution < -0.4 is 5.32 Å². The highest BCUT2D eigenvalue weighted by Crippen LogP contribution is 2.42. The number of carbonyl (C=O) groups is 1. The smallest absolute Gasteiger partial charge is 0.233 e. The number of amides is 1. The molecule has 1 aliphatic rings. The van der Waals surface area contributed by atoms with Crippen molar-refractivity contribution >= 4 is 29.0 Å². The van der Waals surface area contributed by atoms with Crippen molar-refractivity contribution < 1.29 is 4.79 Å². The van der Waals surface area contributed by atoms with Gasteiger partial charge < -0.3 is 5.32 Å². The molecule has 1 fully saturated rings. The molecule has 2 aromatic heterocycles. The third-order valence-corrected chi connectivity index (χ3v) is 6.99. The summed E-state index contributed by atoms with van der Waals surface area (Å²) in [6, 6.07) is 14.8. The second-order valence-electron chi connectivity index (χ2n) is 7.41. The van der Waals surface area contributed by atoms with E-state index >= 15 is 0 Å². The molecule has 5 nitrogen and oxygen atoms in total. The fraction of sp³-hybridized carbons (Fsp3) is 0.409. The van der Waals surface area contributed by atoms with Crippen LogP contribution in [0.3, 0.4) is 0 Å². The maximum Gasteiger partial charge on any atom is 0.233 e. The lowest BCUT2D eigenvalue weighted by molar-refractivity contribution is -0.121. The number of hydrogen-bond acceptors (Lipinski definition) is 5. The lowest BCUT2D eigenvalue weighted by Gasteiger charge is -2.21. The summed E-state index contributed by atoms with van der Waals surface area (Å²) < 4.78 is 2.22. The predicted octanol–water partition coefficient (Wildman–Crippen LogP) is 5.48. The van der Waals surface area contributed by atoms with Crippen LogP contribution in [0.1, 0.15) is 57.2 Å². The van der Waals surface area contributed by atoms with Gasteiger partial charge in [0.05, 0.1) is 16.2 Å². The van der Waals surface area contributed by atoms with Crippen molar-refractivity contribution in [3.8, 4) is 10.7 Å². The molecule has 1 aromatic carbocycles. The van der Waals surface area contributed by atoms with Crippen molar-refractivity contribution in [2.75, 3.05) is 0 Å². The summed E-state index contributed by atoms with van der Waals surface area (Å²) in [7, 11) is 0. The third kappa shape index (κ3) is 4.73. The molecule has 1 saturated carbocycles. The van der Waals surface area contributed by atoms with E-state index in [0.717, 1.165) is 47.1 Å². The van der Waals surface area contributed by atoms with Gasteiger partial charge in [0.2, 0.25) is 5.91 Å². The molecule has 1 N–H and O–H groups in total. The summed E-state index contributed by atoms with van der Waals surface area (Å²) in [6.07, 6.45) is 4.24. The first kappa shape index (κ1) is 20.2. The van der Waals surface area contributed by atoms with Gasteiger partial charge in [-0.05, 0) is 43.2 Å². The normalized spacial score (nSPS) is 15.8. The average Bonchev–Trinajstić information content (AvgIpc) is 3.25. The van der Waals surface area contributed by atoms with Gasteiger partial charge in [-0.3, -0.25) is 9.36 Å². The maximum atomic E-state index is 13.0. The molecule has 2 heterocycles. The predicted molar refractivity (Wildman–Crippen MR) is 119 cm³/mol. The van der Waals surface area contributed by atoms with Crippen molar-refractivity contribution in [3.63, 3.8) is 0 Å². The molecular formula is C22H26N4OS2. The summed E-state index contributed by atoms with van der Waals surface area (Å²) in [5.41, 5.74) is 1.15. The molecule has 1 aliphatic carbocycles. The van der Waals surface area contributed by atoms with Crippen LogP contribution in [0.2, 0.25) is 0 Å². The fourth-order valence-electron chi connectivity index (χ4n) is 3.39. The van der Waals surface area contributed by atoms with Gasteiger partial charge in [-0.25, -0.2) is 0 Å². The van der Waals surface area contributed by atoms with E-state index in [1.54, 1.807) is 11.3 Å². The van der Waals surface area contributed by atoms with Crippen molar-refractivity contribution in [1.82, 2.24) is 20.1 Å². The van der Waals surface area contributed by atoms with Gasteiger partial charge in [0.15, 0.2) is 11.0 Å². The first-order valence-corrected chi connectivity index (χ1v) is 11.9. The zero-order valence-corrected chi connectivity index (χ0v) is 18.4. The van der Waals surface area contributed by atoms with Crippen molar-refractivity contribution in [3.05, 3.63) is 53.4 Å². The quantitative estimate of drug-likeness (QED) is 0.460. The van der Waals surface area contributed by atoms with Gasteiger partial charge in [-0.15, -0.1) is 21.5 Å². The van der Waals surface area contributed by atoms with E-state index in [2.05, 4.69) is 50.6 Å². The first-order chi connectivity index (χ1) is 14.2. The van der Waals surface area contributed by atoms with Gasteiger partial charge in [-0.2, -0.15) is 0 Å². The molecule has 0 saturated heterocycles. The highest BCUT2D eigenvalue weighted by atomic mass is 32.2. The van der Waals surface area contributed by atoms with E-state index in [4.69, 9.17) is 0 Å². The van der Waals surface area contributed by atoms with Crippen LogP contribution in [0.15, 0.2) is 53.0 Å². The van der Waals surface area contributed by atoms with Crippen LogP contribution in [0.4, 0.5) is 0 Å². The van der Waals surface area contributed by atoms with E-state index in [-0.39, 0.29) is 17.2 Å². The minimum Gasteiger partial charge on any atom is -0.348 e. The molecule has 4 rings (SSSR count). The molecular weight excluding hydrogens is 400 g/mol. The van der Waals surface area contributed by atoms with Crippen LogP contribution in [-0.2, 0) is 4.79 Å². The largest absolute Gasteiger partial charge is 0.348 e. The molecule has 2 atom stereocenters. The Bertz CT molecular complexity index is 935. The molecule has 0 radical (unpaired) electrons. The SMILES string of the molecule is CCCC(NC(=O)C(C)Sc1nnc(-c2cccs2)n1C1CC1)c1ccccc1. The lowest BCUT2D eigenvalue weighted by atomic mass is 10.0. The molecule has 3 aromatic rings. The van der Waals surface area contributed by atoms with Crippen molar-refractivity contribution in [2.45, 2.75) is 62.0 Å². The molecule has 0 aliphatic heterocycles. The van der Waals surface area contributed by atoms with Crippen molar-refractivity contribution in [2.24, 2.45) is 0 Å². The molecule has 0 spiro atoms. The summed E-state index contributed by atoms with van der Waals surface area (Å²) in [5, 5.41) is 14.8. The number of aromatic nitrogens is 3. The number of nitrogens with one attached hydrogen (secondary N) is 1. The standard InChI is InChI=1S/C22H26N4OS2/c1-3-8-18(16-9-5-4-6-10-16)23-21(27)15(2)29-22-25-24-20(19-11-7-14-28-19)26(22)17-12-13-17/h4-7,9-11,14-15,17-18H,3,8,12-13H2,1-2H3,(H,23,27). The number of rotatable bonds is 9. The Morgan fingerprint density at radius 3 is 2.69 bits per heavy atom. The molecule has 29 heavy (non-hydrogen) atoms. The Kier molecular flexibility index (Phi) is 6.35. The Labute approximate surface area is 179 Å². The lowest BCUT2D eigenvalue weighted by Crippen LogP contribution is -2.34. The third-order valence-electron chi connectivity index (χ3n) is 5.07. The molecule has 7 heteroatoms.